The zero-order valence-corrected chi connectivity index (χ0v) is 6.09. The van der Waals surface area contributed by atoms with Crippen molar-refractivity contribution in [2.45, 2.75) is 0 Å². The molecule has 2 nitrogen and oxygen atoms in total. The summed E-state index contributed by atoms with van der Waals surface area (Å²) in [6.07, 6.45) is 0. The van der Waals surface area contributed by atoms with Crippen LogP contribution < -0.4 is 5.73 Å². The number of hydrogen-bond acceptors (Lipinski definition) is 2. The van der Waals surface area contributed by atoms with Crippen LogP contribution in [0.15, 0.2) is 14.9 Å². The second kappa shape index (κ2) is 2.34. The molecule has 0 saturated carbocycles. The van der Waals surface area contributed by atoms with Crippen molar-refractivity contribution in [3.05, 3.63) is 9.91 Å². The summed E-state index contributed by atoms with van der Waals surface area (Å²) in [5.74, 6) is -0.351. The predicted octanol–water partition coefficient (Wildman–Crippen LogP) is 0.899. The molecule has 0 atom stereocenters. The Morgan fingerprint density at radius 2 is 2.50 bits per heavy atom. The Hall–Kier alpha value is -0.260. The van der Waals surface area contributed by atoms with Crippen molar-refractivity contribution in [1.29, 1.82) is 0 Å². The van der Waals surface area contributed by atoms with Gasteiger partial charge < -0.3 is 5.73 Å². The normalized spacial score (nSPS) is 18.6. The van der Waals surface area contributed by atoms with Crippen molar-refractivity contribution in [3.8, 4) is 0 Å². The molecule has 1 aliphatic rings. The summed E-state index contributed by atoms with van der Waals surface area (Å²) in [6, 6.07) is 0. The van der Waals surface area contributed by atoms with Gasteiger partial charge in [0.25, 0.3) is 0 Å². The highest BCUT2D eigenvalue weighted by molar-refractivity contribution is 14.2. The maximum atomic E-state index is 12.2. The quantitative estimate of drug-likeness (QED) is 0.612. The molecular weight excluding hydrogens is 222 g/mol. The van der Waals surface area contributed by atoms with Gasteiger partial charge in [-0.05, 0) is 0 Å². The van der Waals surface area contributed by atoms with Crippen LogP contribution in [-0.2, 0) is 0 Å². The standard InChI is InChI=1S/C4H4FIN2/c5-3-1-6-2-8-4(3)7/h1-2H,(H2,7,8). The van der Waals surface area contributed by atoms with E-state index in [4.69, 9.17) is 5.73 Å². The first-order chi connectivity index (χ1) is 3.80. The first kappa shape index (κ1) is 5.87. The van der Waals surface area contributed by atoms with Crippen molar-refractivity contribution < 1.29 is 4.39 Å². The molecule has 0 bridgehead atoms. The average Bonchev–Trinajstić information content (AvgIpc) is 1.77. The van der Waals surface area contributed by atoms with Crippen LogP contribution in [-0.4, -0.2) is 9.97 Å². The number of hydrogen-bond donors (Lipinski definition) is 1. The van der Waals surface area contributed by atoms with E-state index in [2.05, 4.69) is 4.99 Å². The Balaban J connectivity index is 2.93. The van der Waals surface area contributed by atoms with Gasteiger partial charge in [-0.15, -0.1) is 0 Å². The molecule has 8 heavy (non-hydrogen) atoms. The minimum absolute atomic E-state index is 0.0101. The molecule has 0 saturated heterocycles. The molecule has 44 valence electrons. The number of halogens is 2. The molecule has 0 unspecified atom stereocenters. The largest absolute Gasteiger partial charge is 0.381 e. The molecular formula is C4H4FIN2. The lowest BCUT2D eigenvalue weighted by Crippen LogP contribution is -2.12. The van der Waals surface area contributed by atoms with Gasteiger partial charge in [-0.1, -0.05) is 20.7 Å². The van der Waals surface area contributed by atoms with Crippen molar-refractivity contribution in [1.82, 2.24) is 0 Å². The van der Waals surface area contributed by atoms with Gasteiger partial charge in [-0.2, -0.15) is 0 Å². The summed E-state index contributed by atoms with van der Waals surface area (Å²) in [7, 11) is 0. The fourth-order valence-electron chi connectivity index (χ4n) is 0.282. The summed E-state index contributed by atoms with van der Waals surface area (Å²) in [4.78, 5) is 3.59. The highest BCUT2D eigenvalue weighted by atomic mass is 127. The summed E-state index contributed by atoms with van der Waals surface area (Å²) in [6.45, 7) is 0. The number of nitrogens with zero attached hydrogens (tertiary/aromatic N) is 1. The highest BCUT2D eigenvalue weighted by Crippen LogP contribution is 2.09. The topological polar surface area (TPSA) is 38.4 Å². The zero-order chi connectivity index (χ0) is 5.98. The predicted molar refractivity (Wildman–Crippen MR) is 40.9 cm³/mol. The average molecular weight is 226 g/mol. The number of amidine groups is 1. The molecule has 0 fully saturated rings. The summed E-state index contributed by atoms with van der Waals surface area (Å²) >= 11 is -0.282. The van der Waals surface area contributed by atoms with Crippen LogP contribution in [0, 0.1) is 0 Å². The lowest BCUT2D eigenvalue weighted by molar-refractivity contribution is 0.683. The lowest BCUT2D eigenvalue weighted by Gasteiger charge is -1.94. The smallest absolute Gasteiger partial charge is 0.170 e. The van der Waals surface area contributed by atoms with Gasteiger partial charge in [0.2, 0.25) is 0 Å². The van der Waals surface area contributed by atoms with E-state index >= 15 is 0 Å². The highest BCUT2D eigenvalue weighted by Gasteiger charge is 1.99. The van der Waals surface area contributed by atoms with E-state index in [1.165, 1.54) is 4.08 Å². The Kier molecular flexibility index (Phi) is 1.72. The van der Waals surface area contributed by atoms with Gasteiger partial charge in [0.1, 0.15) is 0 Å². The lowest BCUT2D eigenvalue weighted by atomic mass is 10.5. The van der Waals surface area contributed by atoms with Crippen molar-refractivity contribution in [2.24, 2.45) is 10.7 Å². The van der Waals surface area contributed by atoms with Crippen molar-refractivity contribution in [2.75, 3.05) is 0 Å². The van der Waals surface area contributed by atoms with Gasteiger partial charge in [0.05, 0.1) is 4.14 Å². The minimum atomic E-state index is -0.361. The molecule has 0 radical (unpaired) electrons. The summed E-state index contributed by atoms with van der Waals surface area (Å²) < 4.78 is 15.4. The Morgan fingerprint density at radius 1 is 1.75 bits per heavy atom. The third-order valence-electron chi connectivity index (χ3n) is 0.648. The van der Waals surface area contributed by atoms with Crippen LogP contribution in [0.1, 0.15) is 0 Å². The van der Waals surface area contributed by atoms with Crippen LogP contribution >= 0.6 is 20.7 Å². The van der Waals surface area contributed by atoms with Gasteiger partial charge in [0, 0.05) is 4.08 Å². The third kappa shape index (κ3) is 1.12. The van der Waals surface area contributed by atoms with E-state index in [9.17, 15) is 4.39 Å². The van der Waals surface area contributed by atoms with Crippen molar-refractivity contribution >= 4 is 30.7 Å². The number of nitrogens with two attached hydrogens (primary N) is 1. The fraction of sp³-hybridized carbons (Fsp3) is 0. The van der Waals surface area contributed by atoms with E-state index in [1.807, 2.05) is 0 Å². The van der Waals surface area contributed by atoms with E-state index in [0.29, 0.717) is 0 Å². The van der Waals surface area contributed by atoms with Gasteiger partial charge >= 0.3 is 0 Å². The second-order valence-corrected chi connectivity index (χ2v) is 3.09. The van der Waals surface area contributed by atoms with Gasteiger partial charge in [-0.25, -0.2) is 9.38 Å². The molecule has 0 amide bonds. The second-order valence-electron chi connectivity index (χ2n) is 1.19. The molecule has 0 aliphatic carbocycles. The monoisotopic (exact) mass is 226 g/mol. The number of aliphatic imine (C=N–C) groups is 1. The molecule has 1 heterocycles. The molecule has 0 aromatic carbocycles. The Labute approximate surface area is 56.0 Å². The fourth-order valence-corrected chi connectivity index (χ4v) is 1.54. The maximum Gasteiger partial charge on any atom is 0.170 e. The minimum Gasteiger partial charge on any atom is -0.381 e. The first-order valence-electron chi connectivity index (χ1n) is 1.93. The van der Waals surface area contributed by atoms with E-state index in [1.54, 1.807) is 4.14 Å². The first-order valence-corrected chi connectivity index (χ1v) is 4.43. The molecule has 1 rings (SSSR count). The van der Waals surface area contributed by atoms with E-state index < -0.39 is 0 Å². The van der Waals surface area contributed by atoms with Gasteiger partial charge in [0.15, 0.2) is 11.7 Å². The molecule has 4 heteroatoms. The summed E-state index contributed by atoms with van der Waals surface area (Å²) in [5.41, 5.74) is 5.07. The molecule has 1 aliphatic heterocycles. The maximum absolute atomic E-state index is 12.2. The van der Waals surface area contributed by atoms with Crippen LogP contribution in [0.3, 0.4) is 0 Å². The van der Waals surface area contributed by atoms with Gasteiger partial charge in [-0.3, -0.25) is 0 Å². The van der Waals surface area contributed by atoms with E-state index in [-0.39, 0.29) is 32.4 Å². The molecule has 0 aromatic heterocycles. The zero-order valence-electron chi connectivity index (χ0n) is 3.94. The molecule has 0 spiro atoms. The molecule has 0 aromatic rings. The van der Waals surface area contributed by atoms with E-state index in [0.717, 1.165) is 0 Å². The van der Waals surface area contributed by atoms with Crippen LogP contribution in [0.4, 0.5) is 4.39 Å². The number of rotatable bonds is 0. The van der Waals surface area contributed by atoms with Crippen LogP contribution in [0.25, 0.3) is 0 Å². The van der Waals surface area contributed by atoms with Crippen LogP contribution in [0.5, 0.6) is 0 Å². The Morgan fingerprint density at radius 3 is 2.88 bits per heavy atom. The van der Waals surface area contributed by atoms with Crippen LogP contribution in [0.2, 0.25) is 0 Å². The molecule has 2 N–H and O–H groups in total. The SMILES string of the molecule is NC1=NC=IC=C1F. The van der Waals surface area contributed by atoms with Crippen molar-refractivity contribution in [3.63, 3.8) is 0 Å². The summed E-state index contributed by atoms with van der Waals surface area (Å²) in [5, 5.41) is 0. The third-order valence-corrected chi connectivity index (χ3v) is 2.15. The Bertz CT molecular complexity index is 162.